The maximum Gasteiger partial charge on any atom is 0.0159 e. The highest BCUT2D eigenvalue weighted by Gasteiger charge is 2.44. The van der Waals surface area contributed by atoms with Crippen molar-refractivity contribution in [2.24, 2.45) is 16.7 Å². The number of likely N-dealkylation sites (N-methyl/N-ethyl adjacent to an activating group) is 1. The molecule has 0 radical (unpaired) electrons. The van der Waals surface area contributed by atoms with E-state index in [0.717, 1.165) is 5.92 Å². The van der Waals surface area contributed by atoms with Crippen molar-refractivity contribution in [3.05, 3.63) is 0 Å². The molecule has 0 N–H and O–H groups in total. The van der Waals surface area contributed by atoms with Gasteiger partial charge in [0.2, 0.25) is 0 Å². The van der Waals surface area contributed by atoms with E-state index in [2.05, 4.69) is 84.1 Å². The molecule has 3 nitrogen and oxygen atoms in total. The molecular formula is C30H67N3. The molecule has 2 aliphatic rings. The van der Waals surface area contributed by atoms with Gasteiger partial charge in [0.1, 0.15) is 0 Å². The van der Waals surface area contributed by atoms with Crippen molar-refractivity contribution in [2.75, 3.05) is 46.3 Å². The summed E-state index contributed by atoms with van der Waals surface area (Å²) in [6.45, 7) is 41.5. The van der Waals surface area contributed by atoms with E-state index in [1.54, 1.807) is 0 Å². The predicted molar refractivity (Wildman–Crippen MR) is 153 cm³/mol. The van der Waals surface area contributed by atoms with Gasteiger partial charge in [0.15, 0.2) is 0 Å². The zero-order valence-electron chi connectivity index (χ0n) is 26.3. The summed E-state index contributed by atoms with van der Waals surface area (Å²) in [4.78, 5) is 7.99. The SMILES string of the molecule is CC.CC.CC.CN1CCN(C(C)(C)CC(C)(C)C2CCN(C(C)(C)CC(C)(C)C)C2)CC1. The Morgan fingerprint density at radius 2 is 1.00 bits per heavy atom. The maximum atomic E-state index is 2.79. The molecule has 1 atom stereocenters. The minimum absolute atomic E-state index is 0.291. The van der Waals surface area contributed by atoms with Crippen LogP contribution in [-0.4, -0.2) is 72.1 Å². The molecule has 2 heterocycles. The van der Waals surface area contributed by atoms with E-state index in [9.17, 15) is 0 Å². The molecule has 0 bridgehead atoms. The van der Waals surface area contributed by atoms with Gasteiger partial charge in [0, 0.05) is 43.8 Å². The predicted octanol–water partition coefficient (Wildman–Crippen LogP) is 8.04. The summed E-state index contributed by atoms with van der Waals surface area (Å²) >= 11 is 0. The van der Waals surface area contributed by atoms with Crippen LogP contribution < -0.4 is 0 Å². The van der Waals surface area contributed by atoms with E-state index in [1.807, 2.05) is 41.5 Å². The van der Waals surface area contributed by atoms with E-state index < -0.39 is 0 Å². The minimum atomic E-state index is 0.291. The van der Waals surface area contributed by atoms with E-state index >= 15 is 0 Å². The van der Waals surface area contributed by atoms with Crippen LogP contribution in [0.25, 0.3) is 0 Å². The van der Waals surface area contributed by atoms with Gasteiger partial charge in [0.25, 0.3) is 0 Å². The summed E-state index contributed by atoms with van der Waals surface area (Å²) in [5.74, 6) is 0.809. The van der Waals surface area contributed by atoms with Crippen molar-refractivity contribution in [3.63, 3.8) is 0 Å². The van der Waals surface area contributed by atoms with Crippen LogP contribution in [-0.2, 0) is 0 Å². The van der Waals surface area contributed by atoms with Crippen molar-refractivity contribution < 1.29 is 0 Å². The quantitative estimate of drug-likeness (QED) is 0.389. The van der Waals surface area contributed by atoms with Gasteiger partial charge in [-0.2, -0.15) is 0 Å². The van der Waals surface area contributed by atoms with Gasteiger partial charge in [-0.1, -0.05) is 76.2 Å². The van der Waals surface area contributed by atoms with Crippen LogP contribution in [0.15, 0.2) is 0 Å². The first-order valence-corrected chi connectivity index (χ1v) is 14.3. The summed E-state index contributed by atoms with van der Waals surface area (Å²) < 4.78 is 0. The molecule has 0 aromatic rings. The smallest absolute Gasteiger partial charge is 0.0159 e. The van der Waals surface area contributed by atoms with Gasteiger partial charge in [-0.15, -0.1) is 0 Å². The number of rotatable bonds is 6. The molecule has 0 spiro atoms. The van der Waals surface area contributed by atoms with Crippen molar-refractivity contribution in [1.29, 1.82) is 0 Å². The van der Waals surface area contributed by atoms with Crippen molar-refractivity contribution in [1.82, 2.24) is 14.7 Å². The molecule has 2 aliphatic heterocycles. The van der Waals surface area contributed by atoms with Crippen molar-refractivity contribution in [2.45, 2.75) is 134 Å². The largest absolute Gasteiger partial charge is 0.304 e. The first-order valence-electron chi connectivity index (χ1n) is 14.3. The van der Waals surface area contributed by atoms with Gasteiger partial charge < -0.3 is 4.90 Å². The molecule has 0 aromatic carbocycles. The Morgan fingerprint density at radius 3 is 1.42 bits per heavy atom. The van der Waals surface area contributed by atoms with Crippen molar-refractivity contribution >= 4 is 0 Å². The average Bonchev–Trinajstić information content (AvgIpc) is 3.23. The molecule has 0 aliphatic carbocycles. The molecular weight excluding hydrogens is 402 g/mol. The second-order valence-corrected chi connectivity index (χ2v) is 12.7. The highest BCUT2D eigenvalue weighted by Crippen LogP contribution is 2.44. The fourth-order valence-electron chi connectivity index (χ4n) is 6.14. The molecule has 0 aromatic heterocycles. The minimum Gasteiger partial charge on any atom is -0.304 e. The molecule has 1 unspecified atom stereocenters. The van der Waals surface area contributed by atoms with E-state index in [-0.39, 0.29) is 0 Å². The number of nitrogens with zero attached hydrogens (tertiary/aromatic N) is 3. The lowest BCUT2D eigenvalue weighted by Gasteiger charge is -2.48. The second kappa shape index (κ2) is 15.1. The summed E-state index contributed by atoms with van der Waals surface area (Å²) in [7, 11) is 2.25. The first kappa shape index (κ1) is 35.0. The highest BCUT2D eigenvalue weighted by molar-refractivity contribution is 4.98. The molecule has 2 rings (SSSR count). The molecule has 2 fully saturated rings. The first-order chi connectivity index (χ1) is 15.1. The lowest BCUT2D eigenvalue weighted by atomic mass is 9.70. The summed E-state index contributed by atoms with van der Waals surface area (Å²) in [5.41, 5.74) is 1.37. The monoisotopic (exact) mass is 470 g/mol. The van der Waals surface area contributed by atoms with Crippen LogP contribution in [0.3, 0.4) is 0 Å². The Morgan fingerprint density at radius 1 is 0.576 bits per heavy atom. The summed E-state index contributed by atoms with van der Waals surface area (Å²) in [6.07, 6.45) is 3.92. The van der Waals surface area contributed by atoms with Crippen LogP contribution in [0.5, 0.6) is 0 Å². The fraction of sp³-hybridized carbons (Fsp3) is 1.00. The molecule has 3 heteroatoms. The van der Waals surface area contributed by atoms with Gasteiger partial charge in [-0.25, -0.2) is 0 Å². The maximum absolute atomic E-state index is 2.79. The van der Waals surface area contributed by atoms with E-state index in [0.29, 0.717) is 21.9 Å². The van der Waals surface area contributed by atoms with Crippen LogP contribution in [0, 0.1) is 16.7 Å². The molecule has 2 saturated heterocycles. The van der Waals surface area contributed by atoms with Gasteiger partial charge >= 0.3 is 0 Å². The van der Waals surface area contributed by atoms with Gasteiger partial charge in [-0.3, -0.25) is 9.80 Å². The van der Waals surface area contributed by atoms with Gasteiger partial charge in [0.05, 0.1) is 0 Å². The van der Waals surface area contributed by atoms with Crippen LogP contribution >= 0.6 is 0 Å². The number of hydrogen-bond donors (Lipinski definition) is 0. The Hall–Kier alpha value is -0.120. The Kier molecular flexibility index (Phi) is 16.0. The lowest BCUT2D eigenvalue weighted by molar-refractivity contribution is 0.0151. The zero-order chi connectivity index (χ0) is 26.7. The topological polar surface area (TPSA) is 9.72 Å². The van der Waals surface area contributed by atoms with Crippen LogP contribution in [0.1, 0.15) is 123 Å². The van der Waals surface area contributed by atoms with Crippen LogP contribution in [0.4, 0.5) is 0 Å². The molecule has 0 saturated carbocycles. The Bertz CT molecular complexity index is 479. The van der Waals surface area contributed by atoms with Crippen LogP contribution in [0.2, 0.25) is 0 Å². The Labute approximate surface area is 212 Å². The fourth-order valence-corrected chi connectivity index (χ4v) is 6.14. The van der Waals surface area contributed by atoms with Crippen molar-refractivity contribution in [3.8, 4) is 0 Å². The third-order valence-corrected chi connectivity index (χ3v) is 7.36. The van der Waals surface area contributed by atoms with E-state index in [4.69, 9.17) is 0 Å². The number of likely N-dealkylation sites (tertiary alicyclic amines) is 1. The Balaban J connectivity index is 0. The summed E-state index contributed by atoms with van der Waals surface area (Å²) in [5, 5.41) is 0. The van der Waals surface area contributed by atoms with E-state index in [1.165, 1.54) is 58.5 Å². The molecule has 202 valence electrons. The standard InChI is InChI=1S/C24H49N3.3C2H6/c1-21(2,3)18-23(6,7)27-12-11-20(17-27)22(4,5)19-24(8,9)26-15-13-25(10)14-16-26;3*1-2/h20H,11-19H2,1-10H3;3*1-2H3. The second-order valence-electron chi connectivity index (χ2n) is 12.7. The summed E-state index contributed by atoms with van der Waals surface area (Å²) in [6, 6.07) is 0. The number of hydrogen-bond acceptors (Lipinski definition) is 3. The molecule has 0 amide bonds. The zero-order valence-corrected chi connectivity index (χ0v) is 26.3. The third kappa shape index (κ3) is 11.9. The molecule has 33 heavy (non-hydrogen) atoms. The normalized spacial score (nSPS) is 21.3. The highest BCUT2D eigenvalue weighted by atomic mass is 15.3. The average molecular weight is 470 g/mol. The van der Waals surface area contributed by atoms with Gasteiger partial charge in [-0.05, 0) is 77.3 Å². The number of piperazine rings is 1. The third-order valence-electron chi connectivity index (χ3n) is 7.36. The lowest BCUT2D eigenvalue weighted by Crippen LogP contribution is -2.55.